The number of carbonyl (C=O) groups is 1. The largest absolute Gasteiger partial charge is 0.326 e. The second-order valence-corrected chi connectivity index (χ2v) is 9.40. The van der Waals surface area contributed by atoms with Crippen molar-refractivity contribution in [2.75, 3.05) is 13.1 Å². The van der Waals surface area contributed by atoms with Gasteiger partial charge in [0.2, 0.25) is 10.0 Å². The van der Waals surface area contributed by atoms with Crippen molar-refractivity contribution in [3.8, 4) is 0 Å². The molecule has 1 spiro atoms. The Bertz CT molecular complexity index is 1050. The van der Waals surface area contributed by atoms with E-state index in [1.54, 1.807) is 30.3 Å². The zero-order valence-electron chi connectivity index (χ0n) is 16.0. The molecule has 0 aliphatic carbocycles. The summed E-state index contributed by atoms with van der Waals surface area (Å²) >= 11 is 0. The summed E-state index contributed by atoms with van der Waals surface area (Å²) in [5.41, 5.74) is 2.79. The first-order valence-electron chi connectivity index (χ1n) is 9.36. The number of rotatable bonds is 3. The molecule has 2 aromatic carbocycles. The number of sulfonamides is 1. The zero-order valence-corrected chi connectivity index (χ0v) is 16.8. The maximum Gasteiger partial charge on any atom is 0.272 e. The second-order valence-electron chi connectivity index (χ2n) is 7.46. The minimum Gasteiger partial charge on any atom is -0.326 e. The lowest BCUT2D eigenvalue weighted by atomic mass is 10.00. The summed E-state index contributed by atoms with van der Waals surface area (Å²) in [6.45, 7) is 4.68. The highest BCUT2D eigenvalue weighted by Gasteiger charge is 2.44. The molecule has 28 heavy (non-hydrogen) atoms. The van der Waals surface area contributed by atoms with Crippen LogP contribution in [0.1, 0.15) is 29.5 Å². The molecule has 0 atom stereocenters. The molecule has 146 valence electrons. The lowest BCUT2D eigenvalue weighted by Gasteiger charge is -2.36. The predicted octanol–water partition coefficient (Wildman–Crippen LogP) is 2.40. The van der Waals surface area contributed by atoms with Crippen LogP contribution in [0.25, 0.3) is 0 Å². The van der Waals surface area contributed by atoms with Crippen LogP contribution < -0.4 is 5.32 Å². The lowest BCUT2D eigenvalue weighted by molar-refractivity contribution is -0.115. The molecule has 1 amide bonds. The molecule has 2 heterocycles. The van der Waals surface area contributed by atoms with Crippen LogP contribution in [0, 0.1) is 13.8 Å². The Balaban J connectivity index is 1.55. The van der Waals surface area contributed by atoms with E-state index >= 15 is 0 Å². The van der Waals surface area contributed by atoms with Crippen molar-refractivity contribution in [1.29, 1.82) is 0 Å². The van der Waals surface area contributed by atoms with E-state index in [0.717, 1.165) is 16.7 Å². The molecule has 0 bridgehead atoms. The van der Waals surface area contributed by atoms with E-state index in [2.05, 4.69) is 5.32 Å². The molecule has 2 aliphatic rings. The molecule has 7 heteroatoms. The topological polar surface area (TPSA) is 78.8 Å². The monoisotopic (exact) mass is 397 g/mol. The fourth-order valence-electron chi connectivity index (χ4n) is 3.72. The van der Waals surface area contributed by atoms with Gasteiger partial charge in [-0.1, -0.05) is 30.3 Å². The van der Waals surface area contributed by atoms with Gasteiger partial charge in [0, 0.05) is 31.5 Å². The summed E-state index contributed by atoms with van der Waals surface area (Å²) in [6, 6.07) is 14.3. The molecule has 0 aromatic heterocycles. The Morgan fingerprint density at radius 3 is 2.32 bits per heavy atom. The average Bonchev–Trinajstić information content (AvgIpc) is 3.01. The molecule has 0 unspecified atom stereocenters. The summed E-state index contributed by atoms with van der Waals surface area (Å²) in [5.74, 6) is -0.192. The van der Waals surface area contributed by atoms with E-state index in [1.807, 2.05) is 32.0 Å². The van der Waals surface area contributed by atoms with Crippen LogP contribution in [0.15, 0.2) is 58.4 Å². The van der Waals surface area contributed by atoms with Gasteiger partial charge in [-0.2, -0.15) is 4.31 Å². The SMILES string of the molecule is Cc1ccc(C2=NC3(CCN(S(=O)(=O)c4ccccc4)CC3)NC2=O)cc1C. The van der Waals surface area contributed by atoms with Crippen molar-refractivity contribution in [2.45, 2.75) is 37.2 Å². The van der Waals surface area contributed by atoms with Gasteiger partial charge < -0.3 is 5.32 Å². The van der Waals surface area contributed by atoms with Crippen molar-refractivity contribution in [3.63, 3.8) is 0 Å². The number of piperidine rings is 1. The Morgan fingerprint density at radius 2 is 1.68 bits per heavy atom. The van der Waals surface area contributed by atoms with Gasteiger partial charge in [-0.15, -0.1) is 0 Å². The minimum absolute atomic E-state index is 0.192. The Labute approximate surface area is 165 Å². The number of hydrogen-bond donors (Lipinski definition) is 1. The van der Waals surface area contributed by atoms with Gasteiger partial charge in [-0.3, -0.25) is 9.79 Å². The number of nitrogens with one attached hydrogen (secondary N) is 1. The second kappa shape index (κ2) is 6.83. The third-order valence-corrected chi connectivity index (χ3v) is 7.51. The van der Waals surface area contributed by atoms with Crippen LogP contribution in [0.2, 0.25) is 0 Å². The first kappa shape index (κ1) is 18.8. The van der Waals surface area contributed by atoms with E-state index in [4.69, 9.17) is 4.99 Å². The van der Waals surface area contributed by atoms with E-state index < -0.39 is 15.7 Å². The first-order chi connectivity index (χ1) is 13.3. The fourth-order valence-corrected chi connectivity index (χ4v) is 5.18. The molecule has 2 aliphatic heterocycles. The molecule has 1 fully saturated rings. The molecule has 2 aromatic rings. The van der Waals surface area contributed by atoms with Gasteiger partial charge in [0.05, 0.1) is 4.90 Å². The maximum absolute atomic E-state index is 12.8. The van der Waals surface area contributed by atoms with Crippen molar-refractivity contribution in [1.82, 2.24) is 9.62 Å². The standard InChI is InChI=1S/C21H23N3O3S/c1-15-8-9-17(14-16(15)2)19-20(25)23-21(22-19)10-12-24(13-11-21)28(26,27)18-6-4-3-5-7-18/h3-9,14H,10-13H2,1-2H3,(H,23,25). The fraction of sp³-hybridized carbons (Fsp3) is 0.333. The number of aryl methyl sites for hydroxylation is 2. The average molecular weight is 398 g/mol. The number of aliphatic imine (C=N–C) groups is 1. The molecule has 0 saturated carbocycles. The van der Waals surface area contributed by atoms with Crippen molar-refractivity contribution in [3.05, 3.63) is 65.2 Å². The lowest BCUT2D eigenvalue weighted by Crippen LogP contribution is -2.52. The number of carbonyl (C=O) groups excluding carboxylic acids is 1. The van der Waals surface area contributed by atoms with Crippen molar-refractivity contribution in [2.24, 2.45) is 4.99 Å². The predicted molar refractivity (Wildman–Crippen MR) is 108 cm³/mol. The summed E-state index contributed by atoms with van der Waals surface area (Å²) in [7, 11) is -3.53. The number of hydrogen-bond acceptors (Lipinski definition) is 4. The highest BCUT2D eigenvalue weighted by atomic mass is 32.2. The Morgan fingerprint density at radius 1 is 1.00 bits per heavy atom. The summed E-state index contributed by atoms with van der Waals surface area (Å²) in [5, 5.41) is 3.00. The Hall–Kier alpha value is -2.51. The van der Waals surface area contributed by atoms with Crippen LogP contribution in [0.4, 0.5) is 0 Å². The van der Waals surface area contributed by atoms with Crippen molar-refractivity contribution >= 4 is 21.6 Å². The number of nitrogens with zero attached hydrogens (tertiary/aromatic N) is 2. The van der Waals surface area contributed by atoms with Gasteiger partial charge in [0.15, 0.2) is 0 Å². The number of amides is 1. The smallest absolute Gasteiger partial charge is 0.272 e. The van der Waals surface area contributed by atoms with E-state index in [-0.39, 0.29) is 5.91 Å². The van der Waals surface area contributed by atoms with Crippen LogP contribution in [0.5, 0.6) is 0 Å². The van der Waals surface area contributed by atoms with Gasteiger partial charge in [-0.25, -0.2) is 8.42 Å². The van der Waals surface area contributed by atoms with Gasteiger partial charge >= 0.3 is 0 Å². The molecule has 6 nitrogen and oxygen atoms in total. The zero-order chi connectivity index (χ0) is 19.9. The highest BCUT2D eigenvalue weighted by molar-refractivity contribution is 7.89. The van der Waals surface area contributed by atoms with Crippen molar-refractivity contribution < 1.29 is 13.2 Å². The van der Waals surface area contributed by atoms with Gasteiger partial charge in [0.1, 0.15) is 11.4 Å². The summed E-state index contributed by atoms with van der Waals surface area (Å²) in [6.07, 6.45) is 0.915. The molecule has 4 rings (SSSR count). The quantitative estimate of drug-likeness (QED) is 0.864. The van der Waals surface area contributed by atoms with Gasteiger partial charge in [-0.05, 0) is 43.2 Å². The maximum atomic E-state index is 12.8. The summed E-state index contributed by atoms with van der Waals surface area (Å²) < 4.78 is 27.1. The third-order valence-electron chi connectivity index (χ3n) is 5.60. The molecule has 0 radical (unpaired) electrons. The minimum atomic E-state index is -3.53. The molecular formula is C21H23N3O3S. The van der Waals surface area contributed by atoms with Crippen LogP contribution in [0.3, 0.4) is 0 Å². The van der Waals surface area contributed by atoms with Crippen LogP contribution >= 0.6 is 0 Å². The highest BCUT2D eigenvalue weighted by Crippen LogP contribution is 2.31. The molecular weight excluding hydrogens is 374 g/mol. The van der Waals surface area contributed by atoms with Crippen LogP contribution in [-0.4, -0.2) is 43.1 Å². The normalized spacial score (nSPS) is 19.5. The summed E-state index contributed by atoms with van der Waals surface area (Å²) in [4.78, 5) is 17.6. The van der Waals surface area contributed by atoms with E-state index in [1.165, 1.54) is 4.31 Å². The molecule has 1 saturated heterocycles. The first-order valence-corrected chi connectivity index (χ1v) is 10.8. The number of benzene rings is 2. The van der Waals surface area contributed by atoms with E-state index in [0.29, 0.717) is 36.5 Å². The van der Waals surface area contributed by atoms with Gasteiger partial charge in [0.25, 0.3) is 5.91 Å². The van der Waals surface area contributed by atoms with E-state index in [9.17, 15) is 13.2 Å². The third kappa shape index (κ3) is 3.25. The van der Waals surface area contributed by atoms with Crippen LogP contribution in [-0.2, 0) is 14.8 Å². The molecule has 1 N–H and O–H groups in total. The Kier molecular flexibility index (Phi) is 4.59.